The molecule has 1 heterocycles. The van der Waals surface area contributed by atoms with Crippen LogP contribution in [0.1, 0.15) is 19.3 Å². The molecule has 0 unspecified atom stereocenters. The lowest BCUT2D eigenvalue weighted by atomic mass is 9.92. The molecule has 1 fully saturated rings. The minimum atomic E-state index is 0.274. The van der Waals surface area contributed by atoms with E-state index in [2.05, 4.69) is 14.9 Å². The maximum absolute atomic E-state index is 5.99. The number of rotatable bonds is 2. The van der Waals surface area contributed by atoms with Crippen LogP contribution in [0.4, 0.5) is 11.8 Å². The summed E-state index contributed by atoms with van der Waals surface area (Å²) in [5.74, 6) is 1.01. The van der Waals surface area contributed by atoms with Crippen LogP contribution in [0.5, 0.6) is 0 Å². The zero-order valence-electron chi connectivity index (χ0n) is 8.07. The standard InChI is InChI=1S/C9H13ClN4/c1-14(6-3-2-4-6)8-7(10)5-12-9(11)13-8/h5-6H,2-4H2,1H3,(H2,11,12,13). The van der Waals surface area contributed by atoms with Crippen LogP contribution < -0.4 is 10.6 Å². The van der Waals surface area contributed by atoms with Gasteiger partial charge in [0.2, 0.25) is 5.95 Å². The molecule has 1 aromatic heterocycles. The number of anilines is 2. The minimum absolute atomic E-state index is 0.274. The number of hydrogen-bond donors (Lipinski definition) is 1. The number of nitrogens with zero attached hydrogens (tertiary/aromatic N) is 3. The summed E-state index contributed by atoms with van der Waals surface area (Å²) in [7, 11) is 2.00. The highest BCUT2D eigenvalue weighted by Crippen LogP contribution is 2.30. The van der Waals surface area contributed by atoms with Gasteiger partial charge in [0.05, 0.1) is 6.20 Å². The molecule has 1 aromatic rings. The van der Waals surface area contributed by atoms with Crippen LogP contribution in [0.25, 0.3) is 0 Å². The summed E-state index contributed by atoms with van der Waals surface area (Å²) in [5.41, 5.74) is 5.52. The first kappa shape index (κ1) is 9.52. The fourth-order valence-corrected chi connectivity index (χ4v) is 1.79. The van der Waals surface area contributed by atoms with Gasteiger partial charge in [0, 0.05) is 13.1 Å². The molecular weight excluding hydrogens is 200 g/mol. The van der Waals surface area contributed by atoms with E-state index in [0.29, 0.717) is 11.1 Å². The third-order valence-corrected chi connectivity index (χ3v) is 2.97. The predicted octanol–water partition coefficient (Wildman–Crippen LogP) is 1.70. The molecule has 0 amide bonds. The van der Waals surface area contributed by atoms with Crippen LogP contribution in [0.3, 0.4) is 0 Å². The third-order valence-electron chi connectivity index (χ3n) is 2.70. The molecule has 4 nitrogen and oxygen atoms in total. The Labute approximate surface area is 88.1 Å². The molecule has 0 aromatic carbocycles. The second-order valence-corrected chi connectivity index (χ2v) is 4.00. The minimum Gasteiger partial charge on any atom is -0.368 e. The summed E-state index contributed by atoms with van der Waals surface area (Å²) in [5, 5.41) is 0.564. The fourth-order valence-electron chi connectivity index (χ4n) is 1.57. The molecule has 2 rings (SSSR count). The maximum Gasteiger partial charge on any atom is 0.222 e. The van der Waals surface area contributed by atoms with Crippen LogP contribution in [0, 0.1) is 0 Å². The normalized spacial score (nSPS) is 16.4. The molecule has 2 N–H and O–H groups in total. The summed E-state index contributed by atoms with van der Waals surface area (Å²) in [6, 6.07) is 0.557. The molecule has 1 aliphatic carbocycles. The van der Waals surface area contributed by atoms with Gasteiger partial charge in [0.1, 0.15) is 5.02 Å². The van der Waals surface area contributed by atoms with Gasteiger partial charge in [-0.2, -0.15) is 4.98 Å². The van der Waals surface area contributed by atoms with Crippen LogP contribution in [0.15, 0.2) is 6.20 Å². The van der Waals surface area contributed by atoms with Crippen molar-refractivity contribution in [2.75, 3.05) is 17.7 Å². The lowest BCUT2D eigenvalue weighted by Gasteiger charge is -2.35. The highest BCUT2D eigenvalue weighted by atomic mass is 35.5. The third kappa shape index (κ3) is 1.62. The van der Waals surface area contributed by atoms with Crippen molar-refractivity contribution in [3.05, 3.63) is 11.2 Å². The van der Waals surface area contributed by atoms with E-state index in [1.807, 2.05) is 7.05 Å². The van der Waals surface area contributed by atoms with Crippen LogP contribution in [-0.4, -0.2) is 23.1 Å². The quantitative estimate of drug-likeness (QED) is 0.811. The van der Waals surface area contributed by atoms with Gasteiger partial charge in [-0.15, -0.1) is 0 Å². The number of nitrogens with two attached hydrogens (primary N) is 1. The largest absolute Gasteiger partial charge is 0.368 e. The van der Waals surface area contributed by atoms with Crippen molar-refractivity contribution in [1.82, 2.24) is 9.97 Å². The van der Waals surface area contributed by atoms with E-state index in [0.717, 1.165) is 5.82 Å². The predicted molar refractivity (Wildman–Crippen MR) is 57.5 cm³/mol. The Kier molecular flexibility index (Phi) is 2.46. The molecular formula is C9H13ClN4. The van der Waals surface area contributed by atoms with Gasteiger partial charge in [-0.1, -0.05) is 11.6 Å². The van der Waals surface area contributed by atoms with Crippen molar-refractivity contribution in [3.8, 4) is 0 Å². The van der Waals surface area contributed by atoms with Gasteiger partial charge in [0.15, 0.2) is 5.82 Å². The van der Waals surface area contributed by atoms with E-state index in [1.165, 1.54) is 19.3 Å². The zero-order chi connectivity index (χ0) is 10.1. The van der Waals surface area contributed by atoms with Crippen LogP contribution in [-0.2, 0) is 0 Å². The van der Waals surface area contributed by atoms with E-state index in [-0.39, 0.29) is 5.95 Å². The van der Waals surface area contributed by atoms with Gasteiger partial charge >= 0.3 is 0 Å². The first-order valence-corrected chi connectivity index (χ1v) is 5.07. The SMILES string of the molecule is CN(c1nc(N)ncc1Cl)C1CCC1. The van der Waals surface area contributed by atoms with E-state index in [1.54, 1.807) is 6.20 Å². The molecule has 0 bridgehead atoms. The maximum atomic E-state index is 5.99. The van der Waals surface area contributed by atoms with Gasteiger partial charge < -0.3 is 10.6 Å². The van der Waals surface area contributed by atoms with Gasteiger partial charge in [0.25, 0.3) is 0 Å². The molecule has 0 spiro atoms. The first-order valence-electron chi connectivity index (χ1n) is 4.69. The van der Waals surface area contributed by atoms with Gasteiger partial charge in [-0.25, -0.2) is 4.98 Å². The highest BCUT2D eigenvalue weighted by molar-refractivity contribution is 6.32. The molecule has 0 atom stereocenters. The number of aromatic nitrogens is 2. The zero-order valence-corrected chi connectivity index (χ0v) is 8.83. The summed E-state index contributed by atoms with van der Waals surface area (Å²) in [4.78, 5) is 10.1. The van der Waals surface area contributed by atoms with Crippen LogP contribution >= 0.6 is 11.6 Å². The van der Waals surface area contributed by atoms with Crippen molar-refractivity contribution in [2.45, 2.75) is 25.3 Å². The Morgan fingerprint density at radius 2 is 2.29 bits per heavy atom. The fraction of sp³-hybridized carbons (Fsp3) is 0.556. The van der Waals surface area contributed by atoms with Crippen molar-refractivity contribution in [3.63, 3.8) is 0 Å². The highest BCUT2D eigenvalue weighted by Gasteiger charge is 2.24. The molecule has 5 heteroatoms. The molecule has 1 saturated carbocycles. The van der Waals surface area contributed by atoms with Crippen molar-refractivity contribution in [2.24, 2.45) is 0 Å². The number of nitrogen functional groups attached to an aromatic ring is 1. The number of halogens is 1. The van der Waals surface area contributed by atoms with E-state index >= 15 is 0 Å². The van der Waals surface area contributed by atoms with E-state index < -0.39 is 0 Å². The van der Waals surface area contributed by atoms with Crippen molar-refractivity contribution >= 4 is 23.4 Å². The van der Waals surface area contributed by atoms with E-state index in [4.69, 9.17) is 17.3 Å². The van der Waals surface area contributed by atoms with Gasteiger partial charge in [-0.3, -0.25) is 0 Å². The second kappa shape index (κ2) is 3.61. The summed E-state index contributed by atoms with van der Waals surface area (Å²) in [6.45, 7) is 0. The lowest BCUT2D eigenvalue weighted by Crippen LogP contribution is -2.37. The second-order valence-electron chi connectivity index (χ2n) is 3.60. The Bertz CT molecular complexity index is 338. The van der Waals surface area contributed by atoms with E-state index in [9.17, 15) is 0 Å². The molecule has 0 aliphatic heterocycles. The molecule has 0 radical (unpaired) electrons. The van der Waals surface area contributed by atoms with Crippen molar-refractivity contribution < 1.29 is 0 Å². The van der Waals surface area contributed by atoms with Crippen LogP contribution in [0.2, 0.25) is 5.02 Å². The Balaban J connectivity index is 2.24. The Hall–Kier alpha value is -1.03. The molecule has 1 aliphatic rings. The molecule has 0 saturated heterocycles. The molecule has 76 valence electrons. The summed E-state index contributed by atoms with van der Waals surface area (Å²) in [6.07, 6.45) is 5.25. The molecule has 14 heavy (non-hydrogen) atoms. The first-order chi connectivity index (χ1) is 6.68. The average Bonchev–Trinajstić information content (AvgIpc) is 2.06. The summed E-state index contributed by atoms with van der Waals surface area (Å²) < 4.78 is 0. The smallest absolute Gasteiger partial charge is 0.222 e. The Morgan fingerprint density at radius 1 is 1.57 bits per heavy atom. The Morgan fingerprint density at radius 3 is 2.86 bits per heavy atom. The lowest BCUT2D eigenvalue weighted by molar-refractivity contribution is 0.399. The summed E-state index contributed by atoms with van der Waals surface area (Å²) >= 11 is 5.99. The van der Waals surface area contributed by atoms with Crippen molar-refractivity contribution in [1.29, 1.82) is 0 Å². The van der Waals surface area contributed by atoms with Gasteiger partial charge in [-0.05, 0) is 19.3 Å². The number of hydrogen-bond acceptors (Lipinski definition) is 4. The topological polar surface area (TPSA) is 55.0 Å². The average molecular weight is 213 g/mol. The monoisotopic (exact) mass is 212 g/mol.